The van der Waals surface area contributed by atoms with Crippen molar-refractivity contribution in [3.05, 3.63) is 89.7 Å². The van der Waals surface area contributed by atoms with E-state index in [1.807, 2.05) is 79.3 Å². The van der Waals surface area contributed by atoms with Crippen LogP contribution in [0.15, 0.2) is 71.6 Å². The monoisotopic (exact) mass is 403 g/mol. The minimum absolute atomic E-state index is 0.0306. The van der Waals surface area contributed by atoms with Crippen molar-refractivity contribution in [2.24, 2.45) is 0 Å². The molecule has 1 aromatic carbocycles. The number of carbonyl (C=O) groups excluding carboxylic acids is 1. The van der Waals surface area contributed by atoms with E-state index in [0.717, 1.165) is 22.6 Å². The van der Waals surface area contributed by atoms with Crippen molar-refractivity contribution in [1.29, 1.82) is 0 Å². The molecule has 3 aromatic heterocycles. The number of carbonyl (C=O) groups is 1. The largest absolute Gasteiger partial charge is 0.364 e. The van der Waals surface area contributed by atoms with Crippen molar-refractivity contribution in [3.63, 3.8) is 0 Å². The number of hydrogen-bond donors (Lipinski definition) is 0. The van der Waals surface area contributed by atoms with E-state index in [4.69, 9.17) is 4.52 Å². The summed E-state index contributed by atoms with van der Waals surface area (Å²) in [5.74, 6) is -0.0972. The third-order valence-electron chi connectivity index (χ3n) is 5.39. The Balaban J connectivity index is 1.63. The first-order valence-corrected chi connectivity index (χ1v) is 9.90. The zero-order valence-electron chi connectivity index (χ0n) is 17.4. The molecule has 0 N–H and O–H groups in total. The fourth-order valence-electron chi connectivity index (χ4n) is 3.52. The summed E-state index contributed by atoms with van der Waals surface area (Å²) < 4.78 is 6.97. The average molecular weight is 403 g/mol. The molecule has 4 aromatic rings. The molecule has 0 saturated carbocycles. The molecule has 0 aliphatic heterocycles. The molecule has 0 radical (unpaired) electrons. The lowest BCUT2D eigenvalue weighted by molar-refractivity contribution is 0.0777. The van der Waals surface area contributed by atoms with Gasteiger partial charge in [-0.25, -0.2) is 4.98 Å². The number of aromatic nitrogens is 3. The molecular formula is C23H25N5O2. The Kier molecular flexibility index (Phi) is 5.63. The van der Waals surface area contributed by atoms with Crippen molar-refractivity contribution in [1.82, 2.24) is 24.3 Å². The minimum atomic E-state index is -0.0972. The van der Waals surface area contributed by atoms with Crippen LogP contribution in [0.25, 0.3) is 5.65 Å². The molecule has 7 heteroatoms. The van der Waals surface area contributed by atoms with Crippen molar-refractivity contribution in [2.45, 2.75) is 26.1 Å². The fraction of sp³-hybridized carbons (Fsp3) is 0.261. The van der Waals surface area contributed by atoms with E-state index < -0.39 is 0 Å². The van der Waals surface area contributed by atoms with E-state index >= 15 is 0 Å². The van der Waals surface area contributed by atoms with Crippen LogP contribution >= 0.6 is 0 Å². The van der Waals surface area contributed by atoms with Gasteiger partial charge in [0.1, 0.15) is 17.6 Å². The lowest BCUT2D eigenvalue weighted by atomic mass is 10.2. The second-order valence-electron chi connectivity index (χ2n) is 7.50. The Labute approximate surface area is 175 Å². The standard InChI is InChI=1S/C23H25N5O2/c1-17(19-12-14-30-25-19)26(2)16-20-22(24-21-11-7-8-13-28(20)21)23(29)27(3)15-18-9-5-4-6-10-18/h4-14,17H,15-16H2,1-3H3/t17-/m1/s1. The highest BCUT2D eigenvalue weighted by Crippen LogP contribution is 2.22. The quantitative estimate of drug-likeness (QED) is 0.470. The van der Waals surface area contributed by atoms with Crippen LogP contribution in [0.1, 0.15) is 40.4 Å². The topological polar surface area (TPSA) is 66.9 Å². The maximum atomic E-state index is 13.3. The second kappa shape index (κ2) is 8.51. The number of benzene rings is 1. The number of imidazole rings is 1. The van der Waals surface area contributed by atoms with Gasteiger partial charge in [-0.1, -0.05) is 41.6 Å². The zero-order valence-corrected chi connectivity index (χ0v) is 17.4. The van der Waals surface area contributed by atoms with E-state index in [1.54, 1.807) is 11.2 Å². The molecule has 0 fully saturated rings. The molecule has 3 heterocycles. The van der Waals surface area contributed by atoms with Crippen molar-refractivity contribution in [3.8, 4) is 0 Å². The van der Waals surface area contributed by atoms with Gasteiger partial charge in [-0.15, -0.1) is 0 Å². The molecule has 0 aliphatic carbocycles. The molecule has 4 rings (SSSR count). The Morgan fingerprint density at radius 2 is 1.83 bits per heavy atom. The van der Waals surface area contributed by atoms with Gasteiger partial charge in [-0.05, 0) is 31.7 Å². The summed E-state index contributed by atoms with van der Waals surface area (Å²) in [6.45, 7) is 3.13. The normalized spacial score (nSPS) is 12.4. The third-order valence-corrected chi connectivity index (χ3v) is 5.39. The molecule has 0 aliphatic rings. The molecule has 0 saturated heterocycles. The summed E-state index contributed by atoms with van der Waals surface area (Å²) >= 11 is 0. The number of rotatable bonds is 7. The van der Waals surface area contributed by atoms with Gasteiger partial charge in [-0.2, -0.15) is 0 Å². The second-order valence-corrected chi connectivity index (χ2v) is 7.50. The summed E-state index contributed by atoms with van der Waals surface area (Å²) in [5.41, 5.74) is 4.01. The average Bonchev–Trinajstić information content (AvgIpc) is 3.42. The number of pyridine rings is 1. The van der Waals surface area contributed by atoms with E-state index in [0.29, 0.717) is 18.8 Å². The SMILES string of the molecule is C[C@H](c1ccon1)N(C)Cc1c(C(=O)N(C)Cc2ccccc2)nc2ccccn12. The van der Waals surface area contributed by atoms with Gasteiger partial charge in [0.05, 0.1) is 11.7 Å². The maximum Gasteiger partial charge on any atom is 0.274 e. The van der Waals surface area contributed by atoms with Crippen molar-refractivity contribution in [2.75, 3.05) is 14.1 Å². The highest BCUT2D eigenvalue weighted by molar-refractivity contribution is 5.94. The molecule has 1 amide bonds. The number of hydrogen-bond acceptors (Lipinski definition) is 5. The van der Waals surface area contributed by atoms with Crippen molar-refractivity contribution >= 4 is 11.6 Å². The predicted octanol–water partition coefficient (Wildman–Crippen LogP) is 3.79. The summed E-state index contributed by atoms with van der Waals surface area (Å²) in [7, 11) is 3.81. The molecule has 154 valence electrons. The fourth-order valence-corrected chi connectivity index (χ4v) is 3.52. The lowest BCUT2D eigenvalue weighted by Crippen LogP contribution is -2.29. The van der Waals surface area contributed by atoms with Crippen LogP contribution in [0.5, 0.6) is 0 Å². The number of nitrogens with zero attached hydrogens (tertiary/aromatic N) is 5. The van der Waals surface area contributed by atoms with Crippen LogP contribution in [-0.2, 0) is 13.1 Å². The molecule has 30 heavy (non-hydrogen) atoms. The molecule has 0 bridgehead atoms. The van der Waals surface area contributed by atoms with Gasteiger partial charge in [0.25, 0.3) is 5.91 Å². The molecule has 0 spiro atoms. The zero-order chi connectivity index (χ0) is 21.1. The van der Waals surface area contributed by atoms with Crippen LogP contribution in [0.4, 0.5) is 0 Å². The molecule has 0 unspecified atom stereocenters. The summed E-state index contributed by atoms with van der Waals surface area (Å²) in [4.78, 5) is 21.8. The van der Waals surface area contributed by atoms with Crippen LogP contribution in [0.3, 0.4) is 0 Å². The summed E-state index contributed by atoms with van der Waals surface area (Å²) in [6.07, 6.45) is 3.52. The number of fused-ring (bicyclic) bond motifs is 1. The lowest BCUT2D eigenvalue weighted by Gasteiger charge is -2.23. The smallest absolute Gasteiger partial charge is 0.274 e. The Morgan fingerprint density at radius 1 is 1.07 bits per heavy atom. The van der Waals surface area contributed by atoms with E-state index in [2.05, 4.69) is 22.0 Å². The highest BCUT2D eigenvalue weighted by atomic mass is 16.5. The summed E-state index contributed by atoms with van der Waals surface area (Å²) in [5, 5.41) is 4.05. The molecule has 7 nitrogen and oxygen atoms in total. The minimum Gasteiger partial charge on any atom is -0.364 e. The van der Waals surface area contributed by atoms with Crippen LogP contribution in [-0.4, -0.2) is 44.3 Å². The van der Waals surface area contributed by atoms with Crippen LogP contribution in [0, 0.1) is 0 Å². The first-order chi connectivity index (χ1) is 14.5. The van der Waals surface area contributed by atoms with Gasteiger partial charge >= 0.3 is 0 Å². The first kappa shape index (κ1) is 19.8. The number of amides is 1. The third kappa shape index (κ3) is 3.97. The molecular weight excluding hydrogens is 378 g/mol. The van der Waals surface area contributed by atoms with Gasteiger partial charge in [0, 0.05) is 32.4 Å². The Morgan fingerprint density at radius 3 is 2.57 bits per heavy atom. The van der Waals surface area contributed by atoms with Gasteiger partial charge < -0.3 is 13.8 Å². The maximum absolute atomic E-state index is 13.3. The molecule has 1 atom stereocenters. The first-order valence-electron chi connectivity index (χ1n) is 9.90. The Bertz CT molecular complexity index is 1120. The van der Waals surface area contributed by atoms with Gasteiger partial charge in [0.15, 0.2) is 5.69 Å². The predicted molar refractivity (Wildman–Crippen MR) is 114 cm³/mol. The van der Waals surface area contributed by atoms with E-state index in [-0.39, 0.29) is 11.9 Å². The van der Waals surface area contributed by atoms with Crippen molar-refractivity contribution < 1.29 is 9.32 Å². The van der Waals surface area contributed by atoms with E-state index in [1.165, 1.54) is 0 Å². The summed E-state index contributed by atoms with van der Waals surface area (Å²) in [6, 6.07) is 17.6. The van der Waals surface area contributed by atoms with Gasteiger partial charge in [-0.3, -0.25) is 9.69 Å². The highest BCUT2D eigenvalue weighted by Gasteiger charge is 2.25. The van der Waals surface area contributed by atoms with Crippen LogP contribution < -0.4 is 0 Å². The van der Waals surface area contributed by atoms with Crippen LogP contribution in [0.2, 0.25) is 0 Å². The van der Waals surface area contributed by atoms with Gasteiger partial charge in [0.2, 0.25) is 0 Å². The van der Waals surface area contributed by atoms with E-state index in [9.17, 15) is 4.79 Å². The Hall–Kier alpha value is -3.45.